The monoisotopic (exact) mass is 386 g/mol. The standard InChI is InChI=1S/C21H30N4O3/c1-14-20(23-15(2)25(14)17-8-10-24(3)11-9-17)21(26)22-13-16-6-7-18(27-4)12-19(16)28-5/h6-7,12,17H,8-11,13H2,1-5H3,(H,22,26). The SMILES string of the molecule is COc1ccc(CNC(=O)c2nc(C)n(C3CCN(C)CC3)c2C)c(OC)c1. The summed E-state index contributed by atoms with van der Waals surface area (Å²) in [6.07, 6.45) is 2.16. The molecular formula is C21H30N4O3. The number of likely N-dealkylation sites (tertiary alicyclic amines) is 1. The summed E-state index contributed by atoms with van der Waals surface area (Å²) in [5.41, 5.74) is 2.33. The second-order valence-corrected chi connectivity index (χ2v) is 7.36. The van der Waals surface area contributed by atoms with Gasteiger partial charge >= 0.3 is 0 Å². The lowest BCUT2D eigenvalue weighted by atomic mass is 10.0. The smallest absolute Gasteiger partial charge is 0.272 e. The van der Waals surface area contributed by atoms with Crippen LogP contribution in [0.5, 0.6) is 11.5 Å². The molecule has 152 valence electrons. The van der Waals surface area contributed by atoms with Gasteiger partial charge in [0.05, 0.1) is 14.2 Å². The van der Waals surface area contributed by atoms with Gasteiger partial charge in [-0.15, -0.1) is 0 Å². The molecule has 2 aromatic rings. The summed E-state index contributed by atoms with van der Waals surface area (Å²) >= 11 is 0. The van der Waals surface area contributed by atoms with Gasteiger partial charge in [-0.3, -0.25) is 4.79 Å². The van der Waals surface area contributed by atoms with Crippen molar-refractivity contribution in [3.05, 3.63) is 41.0 Å². The lowest BCUT2D eigenvalue weighted by molar-refractivity contribution is 0.0945. The minimum atomic E-state index is -0.162. The first kappa shape index (κ1) is 20.2. The molecule has 1 saturated heterocycles. The Morgan fingerprint density at radius 3 is 2.57 bits per heavy atom. The molecule has 3 rings (SSSR count). The van der Waals surface area contributed by atoms with Crippen molar-refractivity contribution < 1.29 is 14.3 Å². The predicted octanol–water partition coefficient (Wildman–Crippen LogP) is 2.71. The highest BCUT2D eigenvalue weighted by molar-refractivity contribution is 5.93. The average molecular weight is 386 g/mol. The van der Waals surface area contributed by atoms with Gasteiger partial charge < -0.3 is 24.3 Å². The number of hydrogen-bond donors (Lipinski definition) is 1. The first-order valence-corrected chi connectivity index (χ1v) is 9.67. The number of rotatable bonds is 6. The van der Waals surface area contributed by atoms with Crippen LogP contribution >= 0.6 is 0 Å². The van der Waals surface area contributed by atoms with Crippen molar-refractivity contribution in [2.24, 2.45) is 0 Å². The summed E-state index contributed by atoms with van der Waals surface area (Å²) in [5.74, 6) is 2.14. The van der Waals surface area contributed by atoms with Crippen LogP contribution < -0.4 is 14.8 Å². The number of imidazole rings is 1. The van der Waals surface area contributed by atoms with Crippen molar-refractivity contribution in [3.63, 3.8) is 0 Å². The average Bonchev–Trinajstić information content (AvgIpc) is 3.01. The molecule has 7 heteroatoms. The number of nitrogens with one attached hydrogen (secondary N) is 1. The molecule has 0 unspecified atom stereocenters. The van der Waals surface area contributed by atoms with Gasteiger partial charge in [0.15, 0.2) is 0 Å². The molecule has 0 spiro atoms. The molecule has 1 amide bonds. The molecule has 1 aromatic heterocycles. The molecule has 0 aliphatic carbocycles. The van der Waals surface area contributed by atoms with E-state index in [-0.39, 0.29) is 5.91 Å². The van der Waals surface area contributed by atoms with E-state index in [1.165, 1.54) is 0 Å². The number of benzene rings is 1. The summed E-state index contributed by atoms with van der Waals surface area (Å²) in [4.78, 5) is 19.7. The maximum atomic E-state index is 12.8. The topological polar surface area (TPSA) is 68.6 Å². The summed E-state index contributed by atoms with van der Waals surface area (Å²) < 4.78 is 12.9. The number of ether oxygens (including phenoxy) is 2. The van der Waals surface area contributed by atoms with E-state index in [9.17, 15) is 4.79 Å². The van der Waals surface area contributed by atoms with Crippen LogP contribution in [0.4, 0.5) is 0 Å². The summed E-state index contributed by atoms with van der Waals surface area (Å²) in [5, 5.41) is 2.97. The van der Waals surface area contributed by atoms with E-state index in [1.54, 1.807) is 14.2 Å². The number of amides is 1. The molecule has 2 heterocycles. The fourth-order valence-electron chi connectivity index (χ4n) is 3.92. The quantitative estimate of drug-likeness (QED) is 0.827. The third-order valence-corrected chi connectivity index (χ3v) is 5.53. The normalized spacial score (nSPS) is 15.5. The largest absolute Gasteiger partial charge is 0.497 e. The molecule has 7 nitrogen and oxygen atoms in total. The summed E-state index contributed by atoms with van der Waals surface area (Å²) in [6.45, 7) is 6.47. The third-order valence-electron chi connectivity index (χ3n) is 5.53. The second kappa shape index (κ2) is 8.65. The van der Waals surface area contributed by atoms with E-state index in [4.69, 9.17) is 9.47 Å². The highest BCUT2D eigenvalue weighted by Gasteiger charge is 2.25. The van der Waals surface area contributed by atoms with Crippen molar-refractivity contribution in [1.29, 1.82) is 0 Å². The van der Waals surface area contributed by atoms with Crippen molar-refractivity contribution in [2.45, 2.75) is 39.3 Å². The van der Waals surface area contributed by atoms with E-state index in [2.05, 4.69) is 26.8 Å². The van der Waals surface area contributed by atoms with Gasteiger partial charge in [0, 0.05) is 29.9 Å². The van der Waals surface area contributed by atoms with Gasteiger partial charge in [-0.2, -0.15) is 0 Å². The molecule has 0 saturated carbocycles. The van der Waals surface area contributed by atoms with E-state index in [1.807, 2.05) is 32.0 Å². The van der Waals surface area contributed by atoms with Gasteiger partial charge in [0.25, 0.3) is 5.91 Å². The van der Waals surface area contributed by atoms with Crippen molar-refractivity contribution in [2.75, 3.05) is 34.4 Å². The summed E-state index contributed by atoms with van der Waals surface area (Å²) in [6, 6.07) is 5.97. The molecule has 1 fully saturated rings. The number of aryl methyl sites for hydroxylation is 1. The van der Waals surface area contributed by atoms with Crippen LogP contribution in [0, 0.1) is 13.8 Å². The Balaban J connectivity index is 1.72. The number of carbonyl (C=O) groups excluding carboxylic acids is 1. The van der Waals surface area contributed by atoms with Crippen LogP contribution in [0.2, 0.25) is 0 Å². The molecular weight excluding hydrogens is 356 g/mol. The van der Waals surface area contributed by atoms with E-state index in [0.29, 0.717) is 24.0 Å². The molecule has 1 aromatic carbocycles. The van der Waals surface area contributed by atoms with Gasteiger partial charge in [0.2, 0.25) is 0 Å². The lowest BCUT2D eigenvalue weighted by Gasteiger charge is -2.31. The maximum Gasteiger partial charge on any atom is 0.272 e. The fraction of sp³-hybridized carbons (Fsp3) is 0.524. The molecule has 1 N–H and O–H groups in total. The molecule has 28 heavy (non-hydrogen) atoms. The Hall–Kier alpha value is -2.54. The van der Waals surface area contributed by atoms with Crippen LogP contribution in [0.15, 0.2) is 18.2 Å². The Morgan fingerprint density at radius 2 is 1.93 bits per heavy atom. The van der Waals surface area contributed by atoms with Gasteiger partial charge in [0.1, 0.15) is 23.0 Å². The third kappa shape index (κ3) is 4.14. The number of nitrogens with zero attached hydrogens (tertiary/aromatic N) is 3. The van der Waals surface area contributed by atoms with Crippen LogP contribution in [0.3, 0.4) is 0 Å². The first-order valence-electron chi connectivity index (χ1n) is 9.67. The van der Waals surface area contributed by atoms with Crippen LogP contribution in [0.1, 0.15) is 46.5 Å². The second-order valence-electron chi connectivity index (χ2n) is 7.36. The minimum absolute atomic E-state index is 0.162. The number of methoxy groups -OCH3 is 2. The van der Waals surface area contributed by atoms with Gasteiger partial charge in [-0.05, 0) is 59.0 Å². The zero-order valence-corrected chi connectivity index (χ0v) is 17.4. The van der Waals surface area contributed by atoms with Gasteiger partial charge in [-0.25, -0.2) is 4.98 Å². The number of piperidine rings is 1. The summed E-state index contributed by atoms with van der Waals surface area (Å²) in [7, 11) is 5.37. The number of carbonyl (C=O) groups is 1. The Morgan fingerprint density at radius 1 is 1.21 bits per heavy atom. The van der Waals surface area contributed by atoms with Crippen molar-refractivity contribution in [1.82, 2.24) is 19.8 Å². The van der Waals surface area contributed by atoms with E-state index in [0.717, 1.165) is 48.8 Å². The Kier molecular flexibility index (Phi) is 6.24. The zero-order chi connectivity index (χ0) is 20.3. The van der Waals surface area contributed by atoms with Crippen molar-refractivity contribution in [3.8, 4) is 11.5 Å². The number of hydrogen-bond acceptors (Lipinski definition) is 5. The minimum Gasteiger partial charge on any atom is -0.497 e. The van der Waals surface area contributed by atoms with Crippen LogP contribution in [0.25, 0.3) is 0 Å². The highest BCUT2D eigenvalue weighted by Crippen LogP contribution is 2.27. The molecule has 1 aliphatic heterocycles. The maximum absolute atomic E-state index is 12.8. The molecule has 0 radical (unpaired) electrons. The van der Waals surface area contributed by atoms with Crippen LogP contribution in [-0.2, 0) is 6.54 Å². The lowest BCUT2D eigenvalue weighted by Crippen LogP contribution is -2.32. The molecule has 1 aliphatic rings. The Bertz CT molecular complexity index is 838. The van der Waals surface area contributed by atoms with E-state index >= 15 is 0 Å². The molecule has 0 bridgehead atoms. The van der Waals surface area contributed by atoms with Crippen molar-refractivity contribution >= 4 is 5.91 Å². The predicted molar refractivity (Wildman–Crippen MR) is 108 cm³/mol. The Labute approximate surface area is 166 Å². The fourth-order valence-corrected chi connectivity index (χ4v) is 3.92. The number of aromatic nitrogens is 2. The van der Waals surface area contributed by atoms with Gasteiger partial charge in [-0.1, -0.05) is 0 Å². The first-order chi connectivity index (χ1) is 13.4. The van der Waals surface area contributed by atoms with E-state index < -0.39 is 0 Å². The molecule has 0 atom stereocenters. The highest BCUT2D eigenvalue weighted by atomic mass is 16.5. The van der Waals surface area contributed by atoms with Crippen LogP contribution in [-0.4, -0.2) is 54.7 Å². The zero-order valence-electron chi connectivity index (χ0n) is 17.4.